The largest absolute Gasteiger partial charge is 0.478 e. The summed E-state index contributed by atoms with van der Waals surface area (Å²) in [5, 5.41) is 10.3. The van der Waals surface area contributed by atoms with Crippen molar-refractivity contribution in [3.8, 4) is 0 Å². The lowest BCUT2D eigenvalue weighted by molar-refractivity contribution is -0.135. The van der Waals surface area contributed by atoms with Crippen LogP contribution in [-0.2, 0) is 23.7 Å². The van der Waals surface area contributed by atoms with Crippen LogP contribution in [0, 0.1) is 5.92 Å². The molecule has 0 aromatic rings. The Bertz CT molecular complexity index is 486. The fourth-order valence-electron chi connectivity index (χ4n) is 5.04. The molecule has 1 N–H and O–H groups in total. The number of carboxylic acid groups (broad SMARTS) is 1. The van der Waals surface area contributed by atoms with Crippen LogP contribution in [0.5, 0.6) is 0 Å². The molecule has 0 aliphatic carbocycles. The molecule has 4 atom stereocenters. The van der Waals surface area contributed by atoms with Crippen LogP contribution >= 0.6 is 0 Å². The standard InChI is InChI=1S/C20H30O6/c21-20(22)19(17(13-5-1-9-23-13)14-6-2-10-24-14)18(15-7-3-11-25-15)16-8-4-12-26-16/h13-17H,1-12H2,(H,21,22). The predicted molar refractivity (Wildman–Crippen MR) is 94.0 cm³/mol. The van der Waals surface area contributed by atoms with Gasteiger partial charge >= 0.3 is 5.97 Å². The summed E-state index contributed by atoms with van der Waals surface area (Å²) in [6.07, 6.45) is 6.98. The Labute approximate surface area is 154 Å². The summed E-state index contributed by atoms with van der Waals surface area (Å²) >= 11 is 0. The van der Waals surface area contributed by atoms with Crippen molar-refractivity contribution in [1.82, 2.24) is 0 Å². The number of rotatable bonds is 6. The maximum Gasteiger partial charge on any atom is 0.332 e. The lowest BCUT2D eigenvalue weighted by atomic mass is 9.79. The Morgan fingerprint density at radius 3 is 1.54 bits per heavy atom. The fourth-order valence-corrected chi connectivity index (χ4v) is 5.04. The average molecular weight is 366 g/mol. The van der Waals surface area contributed by atoms with Gasteiger partial charge in [-0.15, -0.1) is 0 Å². The normalized spacial score (nSPS) is 35.7. The smallest absolute Gasteiger partial charge is 0.332 e. The minimum Gasteiger partial charge on any atom is -0.478 e. The van der Waals surface area contributed by atoms with E-state index in [4.69, 9.17) is 18.9 Å². The van der Waals surface area contributed by atoms with E-state index in [1.54, 1.807) is 0 Å². The van der Waals surface area contributed by atoms with Crippen molar-refractivity contribution in [3.63, 3.8) is 0 Å². The van der Waals surface area contributed by atoms with E-state index in [0.29, 0.717) is 32.0 Å². The van der Waals surface area contributed by atoms with E-state index in [1.165, 1.54) is 0 Å². The van der Waals surface area contributed by atoms with E-state index < -0.39 is 5.97 Å². The van der Waals surface area contributed by atoms with Crippen LogP contribution in [0.4, 0.5) is 0 Å². The Morgan fingerprint density at radius 2 is 1.19 bits per heavy atom. The van der Waals surface area contributed by atoms with Gasteiger partial charge in [-0.2, -0.15) is 0 Å². The molecule has 146 valence electrons. The van der Waals surface area contributed by atoms with Gasteiger partial charge in [-0.25, -0.2) is 4.79 Å². The molecule has 4 aliphatic rings. The van der Waals surface area contributed by atoms with E-state index in [9.17, 15) is 9.90 Å². The third-order valence-electron chi connectivity index (χ3n) is 6.16. The van der Waals surface area contributed by atoms with Crippen molar-refractivity contribution in [3.05, 3.63) is 11.1 Å². The fraction of sp³-hybridized carbons (Fsp3) is 0.850. The van der Waals surface area contributed by atoms with Gasteiger partial charge in [0.1, 0.15) is 0 Å². The molecule has 26 heavy (non-hydrogen) atoms. The topological polar surface area (TPSA) is 74.2 Å². The van der Waals surface area contributed by atoms with Crippen molar-refractivity contribution < 1.29 is 28.8 Å². The summed E-state index contributed by atoms with van der Waals surface area (Å²) in [5.74, 6) is -1.09. The summed E-state index contributed by atoms with van der Waals surface area (Å²) in [5.41, 5.74) is 1.33. The zero-order chi connectivity index (χ0) is 17.9. The molecule has 0 aromatic carbocycles. The average Bonchev–Trinajstić information content (AvgIpc) is 3.42. The highest BCUT2D eigenvalue weighted by Gasteiger charge is 2.44. The third-order valence-corrected chi connectivity index (χ3v) is 6.16. The molecule has 6 heteroatoms. The van der Waals surface area contributed by atoms with Crippen LogP contribution in [0.2, 0.25) is 0 Å². The molecule has 0 radical (unpaired) electrons. The van der Waals surface area contributed by atoms with Crippen LogP contribution in [-0.4, -0.2) is 61.9 Å². The summed E-state index contributed by atoms with van der Waals surface area (Å²) in [6.45, 7) is 2.79. The Balaban J connectivity index is 1.77. The van der Waals surface area contributed by atoms with Crippen molar-refractivity contribution in [1.29, 1.82) is 0 Å². The first-order valence-electron chi connectivity index (χ1n) is 10.2. The molecule has 4 fully saturated rings. The van der Waals surface area contributed by atoms with Crippen LogP contribution < -0.4 is 0 Å². The van der Waals surface area contributed by atoms with Crippen LogP contribution in [0.1, 0.15) is 51.4 Å². The van der Waals surface area contributed by atoms with E-state index in [-0.39, 0.29) is 30.3 Å². The molecule has 0 spiro atoms. The Morgan fingerprint density at radius 1 is 0.731 bits per heavy atom. The molecular formula is C20H30O6. The molecule has 4 saturated heterocycles. The van der Waals surface area contributed by atoms with Crippen LogP contribution in [0.3, 0.4) is 0 Å². The molecule has 0 aromatic heterocycles. The molecule has 0 bridgehead atoms. The van der Waals surface area contributed by atoms with Gasteiger partial charge in [0, 0.05) is 37.9 Å². The summed E-state index contributed by atoms with van der Waals surface area (Å²) in [4.78, 5) is 12.5. The second-order valence-corrected chi connectivity index (χ2v) is 7.81. The summed E-state index contributed by atoms with van der Waals surface area (Å²) < 4.78 is 23.9. The van der Waals surface area contributed by atoms with Crippen LogP contribution in [0.15, 0.2) is 11.1 Å². The maximum absolute atomic E-state index is 12.5. The predicted octanol–water partition coefficient (Wildman–Crippen LogP) is 2.70. The minimum atomic E-state index is -0.859. The number of ether oxygens (including phenoxy) is 4. The molecule has 4 aliphatic heterocycles. The van der Waals surface area contributed by atoms with E-state index in [2.05, 4.69) is 0 Å². The van der Waals surface area contributed by atoms with Gasteiger partial charge in [0.2, 0.25) is 0 Å². The zero-order valence-corrected chi connectivity index (χ0v) is 15.4. The first-order valence-corrected chi connectivity index (χ1v) is 10.2. The van der Waals surface area contributed by atoms with E-state index in [0.717, 1.165) is 56.9 Å². The van der Waals surface area contributed by atoms with Gasteiger partial charge in [-0.3, -0.25) is 0 Å². The van der Waals surface area contributed by atoms with Crippen molar-refractivity contribution in [2.45, 2.75) is 75.8 Å². The summed E-state index contributed by atoms with van der Waals surface area (Å²) in [6, 6.07) is 0. The third kappa shape index (κ3) is 3.70. The van der Waals surface area contributed by atoms with Gasteiger partial charge in [-0.05, 0) is 56.9 Å². The van der Waals surface area contributed by atoms with Crippen LogP contribution in [0.25, 0.3) is 0 Å². The first-order chi connectivity index (χ1) is 12.8. The molecule has 6 nitrogen and oxygen atoms in total. The van der Waals surface area contributed by atoms with Crippen molar-refractivity contribution in [2.24, 2.45) is 5.92 Å². The van der Waals surface area contributed by atoms with E-state index in [1.807, 2.05) is 0 Å². The number of carboxylic acids is 1. The molecule has 0 saturated carbocycles. The lowest BCUT2D eigenvalue weighted by Gasteiger charge is -2.33. The second-order valence-electron chi connectivity index (χ2n) is 7.81. The maximum atomic E-state index is 12.5. The highest BCUT2D eigenvalue weighted by atomic mass is 16.5. The highest BCUT2D eigenvalue weighted by Crippen LogP contribution is 2.40. The SMILES string of the molecule is O=C(O)C(=C(C1CCCO1)C1CCCO1)C(C1CCCO1)C1CCCO1. The quantitative estimate of drug-likeness (QED) is 0.729. The Hall–Kier alpha value is -0.950. The monoisotopic (exact) mass is 366 g/mol. The minimum absolute atomic E-state index is 0.0815. The summed E-state index contributed by atoms with van der Waals surface area (Å²) in [7, 11) is 0. The molecular weight excluding hydrogens is 336 g/mol. The highest BCUT2D eigenvalue weighted by molar-refractivity contribution is 5.89. The molecule has 4 rings (SSSR count). The number of carbonyl (C=O) groups is 1. The molecule has 0 amide bonds. The second kappa shape index (κ2) is 8.38. The van der Waals surface area contributed by atoms with Gasteiger partial charge in [-0.1, -0.05) is 0 Å². The number of aliphatic carboxylic acids is 1. The number of hydrogen-bond donors (Lipinski definition) is 1. The van der Waals surface area contributed by atoms with Gasteiger partial charge in [0.05, 0.1) is 24.4 Å². The van der Waals surface area contributed by atoms with Crippen molar-refractivity contribution >= 4 is 5.97 Å². The van der Waals surface area contributed by atoms with Crippen molar-refractivity contribution in [2.75, 3.05) is 26.4 Å². The molecule has 4 heterocycles. The van der Waals surface area contributed by atoms with Gasteiger partial charge in [0.25, 0.3) is 0 Å². The zero-order valence-electron chi connectivity index (χ0n) is 15.4. The van der Waals surface area contributed by atoms with Gasteiger partial charge < -0.3 is 24.1 Å². The van der Waals surface area contributed by atoms with Gasteiger partial charge in [0.15, 0.2) is 0 Å². The van der Waals surface area contributed by atoms with E-state index >= 15 is 0 Å². The molecule has 4 unspecified atom stereocenters. The first kappa shape index (κ1) is 18.4. The lowest BCUT2D eigenvalue weighted by Crippen LogP contribution is -2.39. The number of hydrogen-bond acceptors (Lipinski definition) is 5. The Kier molecular flexibility index (Phi) is 5.93.